The quantitative estimate of drug-likeness (QED) is 0.788. The minimum absolute atomic E-state index is 0. The molecule has 1 aromatic carbocycles. The second-order valence-electron chi connectivity index (χ2n) is 5.14. The van der Waals surface area contributed by atoms with Gasteiger partial charge in [0.25, 0.3) is 0 Å². The maximum Gasteiger partial charge on any atom is 0.338 e. The smallest absolute Gasteiger partial charge is 0.338 e. The lowest BCUT2D eigenvalue weighted by molar-refractivity contribution is -0.129. The molecule has 7 heteroatoms. The van der Waals surface area contributed by atoms with E-state index in [1.54, 1.807) is 31.2 Å². The maximum atomic E-state index is 12.1. The van der Waals surface area contributed by atoms with Gasteiger partial charge in [-0.05, 0) is 31.5 Å². The van der Waals surface area contributed by atoms with Gasteiger partial charge in [-0.2, -0.15) is 0 Å². The molecule has 6 nitrogen and oxygen atoms in total. The fourth-order valence-corrected chi connectivity index (χ4v) is 2.30. The number of amides is 1. The van der Waals surface area contributed by atoms with E-state index in [0.717, 1.165) is 5.56 Å². The summed E-state index contributed by atoms with van der Waals surface area (Å²) < 4.78 is 10.4. The van der Waals surface area contributed by atoms with Crippen molar-refractivity contribution in [1.82, 2.24) is 10.6 Å². The summed E-state index contributed by atoms with van der Waals surface area (Å²) in [6.45, 7) is 5.71. The van der Waals surface area contributed by atoms with E-state index < -0.39 is 0 Å². The Hall–Kier alpha value is -1.63. The van der Waals surface area contributed by atoms with Crippen LogP contribution in [0.3, 0.4) is 0 Å². The number of halogens is 1. The monoisotopic (exact) mass is 342 g/mol. The van der Waals surface area contributed by atoms with Crippen LogP contribution in [0.5, 0.6) is 0 Å². The molecule has 0 bridgehead atoms. The van der Waals surface area contributed by atoms with Crippen LogP contribution in [-0.4, -0.2) is 43.8 Å². The molecule has 0 radical (unpaired) electrons. The molecule has 1 amide bonds. The normalized spacial score (nSPS) is 20.3. The second kappa shape index (κ2) is 9.50. The second-order valence-corrected chi connectivity index (χ2v) is 5.14. The minimum Gasteiger partial charge on any atom is -0.462 e. The van der Waals surface area contributed by atoms with Crippen LogP contribution in [0.1, 0.15) is 29.8 Å². The lowest BCUT2D eigenvalue weighted by atomic mass is 10.1. The largest absolute Gasteiger partial charge is 0.462 e. The minimum atomic E-state index is -0.338. The number of carbonyl (C=O) groups is 2. The molecule has 1 aliphatic rings. The molecule has 128 valence electrons. The van der Waals surface area contributed by atoms with Gasteiger partial charge in [-0.25, -0.2) is 4.79 Å². The number of nitrogens with one attached hydrogen (secondary N) is 2. The van der Waals surface area contributed by atoms with Crippen molar-refractivity contribution >= 4 is 24.3 Å². The van der Waals surface area contributed by atoms with Gasteiger partial charge >= 0.3 is 5.97 Å². The molecule has 0 unspecified atom stereocenters. The third-order valence-electron chi connectivity index (χ3n) is 3.53. The zero-order valence-electron chi connectivity index (χ0n) is 13.3. The SMILES string of the molecule is CCOC(=O)c1ccc(CNC(=O)[C@H]2NCCO[C@@H]2C)cc1.Cl. The Bertz CT molecular complexity index is 521. The highest BCUT2D eigenvalue weighted by Crippen LogP contribution is 2.07. The van der Waals surface area contributed by atoms with E-state index in [0.29, 0.717) is 31.9 Å². The molecular weight excluding hydrogens is 320 g/mol. The average Bonchev–Trinajstić information content (AvgIpc) is 2.54. The first-order chi connectivity index (χ1) is 10.6. The lowest BCUT2D eigenvalue weighted by Crippen LogP contribution is -2.55. The van der Waals surface area contributed by atoms with E-state index in [9.17, 15) is 9.59 Å². The number of carbonyl (C=O) groups excluding carboxylic acids is 2. The maximum absolute atomic E-state index is 12.1. The Morgan fingerprint density at radius 3 is 2.65 bits per heavy atom. The van der Waals surface area contributed by atoms with Crippen molar-refractivity contribution in [3.8, 4) is 0 Å². The standard InChI is InChI=1S/C16H22N2O4.ClH/c1-3-21-16(20)13-6-4-12(5-7-13)10-18-15(19)14-11(2)22-9-8-17-14;/h4-7,11,14,17H,3,8-10H2,1-2H3,(H,18,19);1H/t11-,14+;/m1./s1. The van der Waals surface area contributed by atoms with Gasteiger partial charge in [-0.3, -0.25) is 4.79 Å². The van der Waals surface area contributed by atoms with E-state index in [4.69, 9.17) is 9.47 Å². The fraction of sp³-hybridized carbons (Fsp3) is 0.500. The number of hydrogen-bond donors (Lipinski definition) is 2. The van der Waals surface area contributed by atoms with Crippen molar-refractivity contribution < 1.29 is 19.1 Å². The third kappa shape index (κ3) is 5.49. The molecule has 0 aromatic heterocycles. The molecule has 2 rings (SSSR count). The van der Waals surface area contributed by atoms with E-state index in [1.807, 2.05) is 6.92 Å². The van der Waals surface area contributed by atoms with Crippen LogP contribution < -0.4 is 10.6 Å². The molecule has 23 heavy (non-hydrogen) atoms. The fourth-order valence-electron chi connectivity index (χ4n) is 2.30. The molecule has 2 atom stereocenters. The highest BCUT2D eigenvalue weighted by Gasteiger charge is 2.27. The van der Waals surface area contributed by atoms with Gasteiger partial charge in [0.15, 0.2) is 0 Å². The molecule has 1 saturated heterocycles. The number of rotatable bonds is 5. The number of hydrogen-bond acceptors (Lipinski definition) is 5. The summed E-state index contributed by atoms with van der Waals surface area (Å²) in [5.41, 5.74) is 1.43. The van der Waals surface area contributed by atoms with Crippen molar-refractivity contribution in [3.05, 3.63) is 35.4 Å². The first kappa shape index (κ1) is 19.4. The van der Waals surface area contributed by atoms with Gasteiger partial charge in [0.1, 0.15) is 6.04 Å². The van der Waals surface area contributed by atoms with Crippen LogP contribution >= 0.6 is 12.4 Å². The molecule has 1 fully saturated rings. The van der Waals surface area contributed by atoms with Crippen molar-refractivity contribution in [2.24, 2.45) is 0 Å². The lowest BCUT2D eigenvalue weighted by Gasteiger charge is -2.29. The van der Waals surface area contributed by atoms with Crippen molar-refractivity contribution in [2.45, 2.75) is 32.5 Å². The van der Waals surface area contributed by atoms with E-state index in [-0.39, 0.29) is 36.4 Å². The first-order valence-corrected chi connectivity index (χ1v) is 7.50. The molecule has 2 N–H and O–H groups in total. The third-order valence-corrected chi connectivity index (χ3v) is 3.53. The van der Waals surface area contributed by atoms with Crippen LogP contribution in [0.15, 0.2) is 24.3 Å². The van der Waals surface area contributed by atoms with Gasteiger partial charge in [0.2, 0.25) is 5.91 Å². The van der Waals surface area contributed by atoms with Crippen molar-refractivity contribution in [2.75, 3.05) is 19.8 Å². The predicted octanol–water partition coefficient (Wildman–Crippen LogP) is 1.28. The Labute approximate surface area is 142 Å². The molecule has 1 aliphatic heterocycles. The summed E-state index contributed by atoms with van der Waals surface area (Å²) in [5, 5.41) is 6.02. The summed E-state index contributed by atoms with van der Waals surface area (Å²) in [7, 11) is 0. The Kier molecular flexibility index (Phi) is 8.02. The van der Waals surface area contributed by atoms with Crippen LogP contribution in [0, 0.1) is 0 Å². The van der Waals surface area contributed by atoms with Crippen LogP contribution in [0.4, 0.5) is 0 Å². The van der Waals surface area contributed by atoms with Crippen LogP contribution in [0.25, 0.3) is 0 Å². The Balaban J connectivity index is 0.00000264. The van der Waals surface area contributed by atoms with Crippen LogP contribution in [0.2, 0.25) is 0 Å². The highest BCUT2D eigenvalue weighted by molar-refractivity contribution is 5.89. The van der Waals surface area contributed by atoms with Gasteiger partial charge in [-0.1, -0.05) is 12.1 Å². The average molecular weight is 343 g/mol. The molecule has 0 saturated carbocycles. The first-order valence-electron chi connectivity index (χ1n) is 7.50. The molecule has 1 heterocycles. The summed E-state index contributed by atoms with van der Waals surface area (Å²) in [6, 6.07) is 6.68. The van der Waals surface area contributed by atoms with E-state index in [2.05, 4.69) is 10.6 Å². The van der Waals surface area contributed by atoms with Crippen molar-refractivity contribution in [1.29, 1.82) is 0 Å². The Morgan fingerprint density at radius 2 is 2.04 bits per heavy atom. The van der Waals surface area contributed by atoms with Gasteiger partial charge in [0, 0.05) is 13.1 Å². The summed E-state index contributed by atoms with van der Waals surface area (Å²) >= 11 is 0. The van der Waals surface area contributed by atoms with Crippen molar-refractivity contribution in [3.63, 3.8) is 0 Å². The van der Waals surface area contributed by atoms with Gasteiger partial charge in [0.05, 0.1) is 24.9 Å². The van der Waals surface area contributed by atoms with Gasteiger partial charge in [-0.15, -0.1) is 12.4 Å². The molecule has 1 aromatic rings. The number of esters is 1. The number of morpholine rings is 1. The molecule has 0 aliphatic carbocycles. The number of benzene rings is 1. The predicted molar refractivity (Wildman–Crippen MR) is 88.7 cm³/mol. The van der Waals surface area contributed by atoms with Gasteiger partial charge < -0.3 is 20.1 Å². The summed E-state index contributed by atoms with van der Waals surface area (Å²) in [4.78, 5) is 23.7. The molecule has 0 spiro atoms. The zero-order valence-corrected chi connectivity index (χ0v) is 14.2. The van der Waals surface area contributed by atoms with E-state index >= 15 is 0 Å². The summed E-state index contributed by atoms with van der Waals surface area (Å²) in [5.74, 6) is -0.419. The Morgan fingerprint density at radius 1 is 1.35 bits per heavy atom. The van der Waals surface area contributed by atoms with E-state index in [1.165, 1.54) is 0 Å². The highest BCUT2D eigenvalue weighted by atomic mass is 35.5. The zero-order chi connectivity index (χ0) is 15.9. The van der Waals surface area contributed by atoms with Crippen LogP contribution in [-0.2, 0) is 20.8 Å². The number of ether oxygens (including phenoxy) is 2. The molecular formula is C16H23ClN2O4. The summed E-state index contributed by atoms with van der Waals surface area (Å²) in [6.07, 6.45) is -0.139. The topological polar surface area (TPSA) is 76.7 Å².